The van der Waals surface area contributed by atoms with Gasteiger partial charge in [-0.2, -0.15) is 5.21 Å². The third-order valence-electron chi connectivity index (χ3n) is 3.86. The van der Waals surface area contributed by atoms with Crippen LogP contribution in [-0.2, 0) is 4.74 Å². The minimum absolute atomic E-state index is 0.249. The molecular weight excluding hydrogens is 332 g/mol. The fourth-order valence-electron chi connectivity index (χ4n) is 2.57. The van der Waals surface area contributed by atoms with Crippen LogP contribution in [0.15, 0.2) is 67.1 Å². The lowest BCUT2D eigenvalue weighted by molar-refractivity contribution is 0.0356. The second-order valence-corrected chi connectivity index (χ2v) is 5.51. The van der Waals surface area contributed by atoms with Gasteiger partial charge in [0.1, 0.15) is 5.69 Å². The predicted molar refractivity (Wildman–Crippen MR) is 91.9 cm³/mol. The Morgan fingerprint density at radius 2 is 1.77 bits per heavy atom. The largest absolute Gasteiger partial charge is 0.444 e. The molecule has 8 heteroatoms. The van der Waals surface area contributed by atoms with E-state index in [1.165, 1.54) is 12.5 Å². The topological polar surface area (TPSA) is 109 Å². The van der Waals surface area contributed by atoms with E-state index in [0.29, 0.717) is 0 Å². The number of rotatable bonds is 5. The van der Waals surface area contributed by atoms with Crippen molar-refractivity contribution in [2.24, 2.45) is 0 Å². The lowest BCUT2D eigenvalue weighted by atomic mass is 10.0. The number of carbonyl (C=O) groups is 1. The highest BCUT2D eigenvalue weighted by Crippen LogP contribution is 2.27. The van der Waals surface area contributed by atoms with Gasteiger partial charge in [-0.25, -0.2) is 9.78 Å². The maximum absolute atomic E-state index is 12.3. The highest BCUT2D eigenvalue weighted by molar-refractivity contribution is 5.87. The minimum atomic E-state index is -0.783. The molecule has 2 N–H and O–H groups in total. The zero-order valence-corrected chi connectivity index (χ0v) is 13.5. The van der Waals surface area contributed by atoms with E-state index in [4.69, 9.17) is 4.74 Å². The van der Waals surface area contributed by atoms with Crippen LogP contribution in [0.3, 0.4) is 0 Å². The second-order valence-electron chi connectivity index (χ2n) is 5.51. The van der Waals surface area contributed by atoms with E-state index in [9.17, 15) is 4.79 Å². The molecule has 0 bridgehead atoms. The van der Waals surface area contributed by atoms with Crippen molar-refractivity contribution in [3.63, 3.8) is 0 Å². The van der Waals surface area contributed by atoms with Crippen molar-refractivity contribution >= 4 is 5.97 Å². The number of H-pyrrole nitrogens is 2. The summed E-state index contributed by atoms with van der Waals surface area (Å²) in [5.74, 6) is -0.283. The molecule has 1 unspecified atom stereocenters. The first kappa shape index (κ1) is 15.7. The summed E-state index contributed by atoms with van der Waals surface area (Å²) in [7, 11) is 0. The number of imidazole rings is 1. The molecule has 0 aliphatic carbocycles. The van der Waals surface area contributed by atoms with Crippen molar-refractivity contribution in [3.8, 4) is 11.1 Å². The molecular formula is C18H14N6O2. The monoisotopic (exact) mass is 346 g/mol. The molecule has 2 heterocycles. The van der Waals surface area contributed by atoms with Crippen LogP contribution in [0.25, 0.3) is 11.1 Å². The number of ether oxygens (including phenoxy) is 1. The van der Waals surface area contributed by atoms with Gasteiger partial charge in [-0.15, -0.1) is 10.2 Å². The molecule has 2 aromatic carbocycles. The van der Waals surface area contributed by atoms with Gasteiger partial charge in [0.05, 0.1) is 12.5 Å². The number of hydrogen-bond acceptors (Lipinski definition) is 6. The Labute approximate surface area is 148 Å². The third-order valence-corrected chi connectivity index (χ3v) is 3.86. The lowest BCUT2D eigenvalue weighted by Gasteiger charge is -2.15. The number of carbonyl (C=O) groups excluding carboxylic acids is 1. The number of hydrogen-bond donors (Lipinski definition) is 2. The number of tetrazole rings is 1. The Hall–Kier alpha value is -3.81. The average molecular weight is 346 g/mol. The number of esters is 1. The normalized spacial score (nSPS) is 11.8. The smallest absolute Gasteiger partial charge is 0.357 e. The molecule has 0 fully saturated rings. The third kappa shape index (κ3) is 3.20. The van der Waals surface area contributed by atoms with Gasteiger partial charge in [-0.05, 0) is 11.1 Å². The SMILES string of the molecule is O=C(OC(c1ccc(-c2ccccc2)cc1)c1nn[nH]n1)c1cnc[nH]1. The molecule has 2 aromatic heterocycles. The van der Waals surface area contributed by atoms with Crippen LogP contribution >= 0.6 is 0 Å². The lowest BCUT2D eigenvalue weighted by Crippen LogP contribution is -2.14. The number of aromatic nitrogens is 6. The zero-order chi connectivity index (χ0) is 17.8. The summed E-state index contributed by atoms with van der Waals surface area (Å²) in [5, 5.41) is 13.9. The highest BCUT2D eigenvalue weighted by Gasteiger charge is 2.24. The summed E-state index contributed by atoms with van der Waals surface area (Å²) in [6.07, 6.45) is 2.03. The summed E-state index contributed by atoms with van der Waals surface area (Å²) >= 11 is 0. The zero-order valence-electron chi connectivity index (χ0n) is 13.5. The second kappa shape index (κ2) is 6.98. The number of aromatic amines is 2. The average Bonchev–Trinajstić information content (AvgIpc) is 3.41. The minimum Gasteiger partial charge on any atom is -0.444 e. The van der Waals surface area contributed by atoms with E-state index < -0.39 is 12.1 Å². The molecule has 1 atom stereocenters. The highest BCUT2D eigenvalue weighted by atomic mass is 16.5. The van der Waals surface area contributed by atoms with Crippen LogP contribution in [0.5, 0.6) is 0 Å². The van der Waals surface area contributed by atoms with Crippen molar-refractivity contribution in [1.29, 1.82) is 0 Å². The molecule has 0 amide bonds. The Morgan fingerprint density at radius 1 is 1.00 bits per heavy atom. The summed E-state index contributed by atoms with van der Waals surface area (Å²) in [6.45, 7) is 0. The van der Waals surface area contributed by atoms with Crippen LogP contribution in [0.1, 0.15) is 28.0 Å². The molecule has 0 aliphatic rings. The molecule has 128 valence electrons. The fourth-order valence-corrected chi connectivity index (χ4v) is 2.57. The van der Waals surface area contributed by atoms with E-state index >= 15 is 0 Å². The van der Waals surface area contributed by atoms with Gasteiger partial charge in [-0.3, -0.25) is 0 Å². The van der Waals surface area contributed by atoms with Gasteiger partial charge in [0, 0.05) is 5.56 Å². The predicted octanol–water partition coefficient (Wildman–Crippen LogP) is 2.54. The van der Waals surface area contributed by atoms with E-state index in [2.05, 4.69) is 30.6 Å². The Kier molecular flexibility index (Phi) is 4.21. The molecule has 0 spiro atoms. The molecule has 0 saturated carbocycles. The van der Waals surface area contributed by atoms with Crippen LogP contribution in [-0.4, -0.2) is 36.6 Å². The standard InChI is InChI=1S/C18H14N6O2/c25-18(15-10-19-11-20-15)26-16(17-21-23-24-22-17)14-8-6-13(7-9-14)12-4-2-1-3-5-12/h1-11,16H,(H,19,20)(H,21,22,23,24). The van der Waals surface area contributed by atoms with Gasteiger partial charge in [0.15, 0.2) is 6.10 Å². The van der Waals surface area contributed by atoms with Gasteiger partial charge in [0.2, 0.25) is 5.82 Å². The quantitative estimate of drug-likeness (QED) is 0.537. The van der Waals surface area contributed by atoms with E-state index in [1.807, 2.05) is 54.6 Å². The maximum Gasteiger partial charge on any atom is 0.357 e. The summed E-state index contributed by atoms with van der Waals surface area (Å²) < 4.78 is 5.58. The van der Waals surface area contributed by atoms with E-state index in [0.717, 1.165) is 16.7 Å². The van der Waals surface area contributed by atoms with Crippen molar-refractivity contribution in [3.05, 3.63) is 84.2 Å². The van der Waals surface area contributed by atoms with Gasteiger partial charge in [0.25, 0.3) is 0 Å². The first-order chi connectivity index (χ1) is 12.8. The molecule has 26 heavy (non-hydrogen) atoms. The van der Waals surface area contributed by atoms with Crippen LogP contribution < -0.4 is 0 Å². The van der Waals surface area contributed by atoms with Gasteiger partial charge >= 0.3 is 5.97 Å². The van der Waals surface area contributed by atoms with Crippen molar-refractivity contribution < 1.29 is 9.53 Å². The molecule has 4 aromatic rings. The fraction of sp³-hybridized carbons (Fsp3) is 0.0556. The molecule has 0 radical (unpaired) electrons. The first-order valence-corrected chi connectivity index (χ1v) is 7.89. The van der Waals surface area contributed by atoms with Crippen LogP contribution in [0.2, 0.25) is 0 Å². The Balaban J connectivity index is 1.63. The summed E-state index contributed by atoms with van der Waals surface area (Å²) in [4.78, 5) is 18.8. The van der Waals surface area contributed by atoms with Crippen LogP contribution in [0.4, 0.5) is 0 Å². The Morgan fingerprint density at radius 3 is 2.42 bits per heavy atom. The van der Waals surface area contributed by atoms with Crippen molar-refractivity contribution in [2.75, 3.05) is 0 Å². The van der Waals surface area contributed by atoms with E-state index in [-0.39, 0.29) is 11.5 Å². The van der Waals surface area contributed by atoms with Gasteiger partial charge < -0.3 is 9.72 Å². The molecule has 0 aliphatic heterocycles. The van der Waals surface area contributed by atoms with Crippen molar-refractivity contribution in [1.82, 2.24) is 30.6 Å². The van der Waals surface area contributed by atoms with E-state index in [1.54, 1.807) is 0 Å². The maximum atomic E-state index is 12.3. The summed E-state index contributed by atoms with van der Waals surface area (Å²) in [5.41, 5.74) is 3.14. The Bertz CT molecular complexity index is 966. The van der Waals surface area contributed by atoms with Crippen molar-refractivity contribution in [2.45, 2.75) is 6.10 Å². The molecule has 8 nitrogen and oxygen atoms in total. The number of nitrogens with zero attached hydrogens (tertiary/aromatic N) is 4. The molecule has 4 rings (SSSR count). The number of nitrogens with one attached hydrogen (secondary N) is 2. The number of benzene rings is 2. The van der Waals surface area contributed by atoms with Gasteiger partial charge in [-0.1, -0.05) is 59.8 Å². The van der Waals surface area contributed by atoms with Crippen LogP contribution in [0, 0.1) is 0 Å². The first-order valence-electron chi connectivity index (χ1n) is 7.89. The molecule has 0 saturated heterocycles. The summed E-state index contributed by atoms with van der Waals surface area (Å²) in [6, 6.07) is 17.7.